The highest BCUT2D eigenvalue weighted by atomic mass is 79.9. The van der Waals surface area contributed by atoms with Crippen molar-refractivity contribution in [2.24, 2.45) is 0 Å². The van der Waals surface area contributed by atoms with E-state index in [1.807, 2.05) is 53.2 Å². The summed E-state index contributed by atoms with van der Waals surface area (Å²) in [6, 6.07) is 13.4. The molecule has 0 aliphatic carbocycles. The fourth-order valence-electron chi connectivity index (χ4n) is 2.21. The number of benzene rings is 1. The number of aliphatic hydroxyl groups excluding tert-OH is 1. The molecule has 0 spiro atoms. The maximum Gasteiger partial charge on any atom is 0.158 e. The van der Waals surface area contributed by atoms with E-state index in [1.54, 1.807) is 12.4 Å². The van der Waals surface area contributed by atoms with E-state index in [0.717, 1.165) is 21.6 Å². The van der Waals surface area contributed by atoms with Crippen molar-refractivity contribution in [1.82, 2.24) is 14.5 Å². The molecule has 1 atom stereocenters. The van der Waals surface area contributed by atoms with Gasteiger partial charge < -0.3 is 9.67 Å². The van der Waals surface area contributed by atoms with Crippen LogP contribution in [0.4, 0.5) is 0 Å². The van der Waals surface area contributed by atoms with Crippen molar-refractivity contribution < 1.29 is 5.11 Å². The molecule has 1 unspecified atom stereocenters. The monoisotopic (exact) mass is 343 g/mol. The van der Waals surface area contributed by atoms with Crippen LogP contribution < -0.4 is 0 Å². The molecule has 0 amide bonds. The van der Waals surface area contributed by atoms with Gasteiger partial charge in [0.05, 0.1) is 12.6 Å². The second kappa shape index (κ2) is 6.20. The van der Waals surface area contributed by atoms with Gasteiger partial charge in [-0.1, -0.05) is 40.2 Å². The van der Waals surface area contributed by atoms with Crippen molar-refractivity contribution in [2.75, 3.05) is 0 Å². The average molecular weight is 344 g/mol. The molecule has 0 bridgehead atoms. The summed E-state index contributed by atoms with van der Waals surface area (Å²) < 4.78 is 2.81. The van der Waals surface area contributed by atoms with Crippen molar-refractivity contribution in [3.63, 3.8) is 0 Å². The lowest BCUT2D eigenvalue weighted by Crippen LogP contribution is -2.10. The molecule has 0 saturated heterocycles. The highest BCUT2D eigenvalue weighted by molar-refractivity contribution is 9.10. The third kappa shape index (κ3) is 3.04. The Kier molecular flexibility index (Phi) is 4.13. The fraction of sp³-hybridized carbons (Fsp3) is 0.125. The highest BCUT2D eigenvalue weighted by Crippen LogP contribution is 2.25. The zero-order valence-corrected chi connectivity index (χ0v) is 12.8. The van der Waals surface area contributed by atoms with Crippen LogP contribution >= 0.6 is 15.9 Å². The van der Waals surface area contributed by atoms with Gasteiger partial charge in [0.25, 0.3) is 0 Å². The van der Waals surface area contributed by atoms with Crippen molar-refractivity contribution in [3.8, 4) is 11.5 Å². The number of halogens is 1. The first-order chi connectivity index (χ1) is 10.3. The SMILES string of the molecule is OC(Cn1ccnc1-c1ccccn1)c1ccccc1Br. The zero-order valence-electron chi connectivity index (χ0n) is 11.2. The van der Waals surface area contributed by atoms with E-state index >= 15 is 0 Å². The van der Waals surface area contributed by atoms with Crippen LogP contribution in [0.2, 0.25) is 0 Å². The molecule has 0 fully saturated rings. The van der Waals surface area contributed by atoms with E-state index in [0.29, 0.717) is 6.54 Å². The molecule has 0 radical (unpaired) electrons. The summed E-state index contributed by atoms with van der Waals surface area (Å²) in [7, 11) is 0. The normalized spacial score (nSPS) is 12.3. The summed E-state index contributed by atoms with van der Waals surface area (Å²) in [5, 5.41) is 10.4. The second-order valence-electron chi connectivity index (χ2n) is 4.66. The van der Waals surface area contributed by atoms with Crippen molar-refractivity contribution in [1.29, 1.82) is 0 Å². The Morgan fingerprint density at radius 1 is 1.05 bits per heavy atom. The van der Waals surface area contributed by atoms with Gasteiger partial charge in [0, 0.05) is 23.1 Å². The maximum absolute atomic E-state index is 10.4. The molecule has 0 aliphatic rings. The molecule has 2 heterocycles. The molecular formula is C16H14BrN3O. The van der Waals surface area contributed by atoms with Gasteiger partial charge in [-0.3, -0.25) is 4.98 Å². The number of aliphatic hydroxyl groups is 1. The van der Waals surface area contributed by atoms with Gasteiger partial charge in [-0.05, 0) is 23.8 Å². The minimum absolute atomic E-state index is 0.425. The molecule has 3 aromatic rings. The van der Waals surface area contributed by atoms with Crippen LogP contribution in [0.15, 0.2) is 65.5 Å². The number of rotatable bonds is 4. The topological polar surface area (TPSA) is 50.9 Å². The Morgan fingerprint density at radius 2 is 1.86 bits per heavy atom. The summed E-state index contributed by atoms with van der Waals surface area (Å²) >= 11 is 3.47. The minimum Gasteiger partial charge on any atom is -0.386 e. The zero-order chi connectivity index (χ0) is 14.7. The van der Waals surface area contributed by atoms with Gasteiger partial charge in [-0.25, -0.2) is 4.98 Å². The Hall–Kier alpha value is -1.98. The molecular weight excluding hydrogens is 330 g/mol. The van der Waals surface area contributed by atoms with E-state index in [4.69, 9.17) is 0 Å². The molecule has 4 nitrogen and oxygen atoms in total. The number of pyridine rings is 1. The fourth-order valence-corrected chi connectivity index (χ4v) is 2.76. The van der Waals surface area contributed by atoms with Gasteiger partial charge in [-0.2, -0.15) is 0 Å². The molecule has 5 heteroatoms. The first-order valence-corrected chi connectivity index (χ1v) is 7.40. The van der Waals surface area contributed by atoms with Crippen LogP contribution in [-0.2, 0) is 6.54 Å². The molecule has 0 aliphatic heterocycles. The first kappa shape index (κ1) is 14.0. The third-order valence-electron chi connectivity index (χ3n) is 3.24. The molecule has 1 aromatic carbocycles. The smallest absolute Gasteiger partial charge is 0.158 e. The van der Waals surface area contributed by atoms with Gasteiger partial charge in [0.1, 0.15) is 5.69 Å². The predicted octanol–water partition coefficient (Wildman–Crippen LogP) is 3.44. The largest absolute Gasteiger partial charge is 0.386 e. The molecule has 0 saturated carbocycles. The Bertz CT molecular complexity index is 727. The van der Waals surface area contributed by atoms with Crippen LogP contribution in [0.5, 0.6) is 0 Å². The Labute approximate surface area is 131 Å². The third-order valence-corrected chi connectivity index (χ3v) is 3.97. The standard InChI is InChI=1S/C16H14BrN3O/c17-13-6-2-1-5-12(13)15(21)11-20-10-9-19-16(20)14-7-3-4-8-18-14/h1-10,15,21H,11H2. The molecule has 3 rings (SSSR count). The van der Waals surface area contributed by atoms with Crippen molar-refractivity contribution >= 4 is 15.9 Å². The molecule has 106 valence electrons. The number of imidazole rings is 1. The summed E-state index contributed by atoms with van der Waals surface area (Å²) in [6.07, 6.45) is 4.69. The molecule has 1 N–H and O–H groups in total. The first-order valence-electron chi connectivity index (χ1n) is 6.61. The van der Waals surface area contributed by atoms with Crippen LogP contribution in [0.1, 0.15) is 11.7 Å². The number of nitrogens with zero attached hydrogens (tertiary/aromatic N) is 3. The Balaban J connectivity index is 1.87. The van der Waals surface area contributed by atoms with E-state index in [9.17, 15) is 5.11 Å². The summed E-state index contributed by atoms with van der Waals surface area (Å²) in [5.74, 6) is 0.752. The Morgan fingerprint density at radius 3 is 2.62 bits per heavy atom. The van der Waals surface area contributed by atoms with E-state index in [2.05, 4.69) is 25.9 Å². The second-order valence-corrected chi connectivity index (χ2v) is 5.51. The lowest BCUT2D eigenvalue weighted by Gasteiger charge is -2.15. The van der Waals surface area contributed by atoms with E-state index < -0.39 is 6.10 Å². The number of hydrogen-bond acceptors (Lipinski definition) is 3. The predicted molar refractivity (Wildman–Crippen MR) is 84.6 cm³/mol. The van der Waals surface area contributed by atoms with E-state index in [-0.39, 0.29) is 0 Å². The lowest BCUT2D eigenvalue weighted by atomic mass is 10.1. The molecule has 21 heavy (non-hydrogen) atoms. The number of hydrogen-bond donors (Lipinski definition) is 1. The quantitative estimate of drug-likeness (QED) is 0.789. The summed E-state index contributed by atoms with van der Waals surface area (Å²) in [5.41, 5.74) is 1.65. The van der Waals surface area contributed by atoms with Crippen molar-refractivity contribution in [3.05, 3.63) is 71.1 Å². The number of aromatic nitrogens is 3. The van der Waals surface area contributed by atoms with Crippen LogP contribution in [0, 0.1) is 0 Å². The summed E-state index contributed by atoms with van der Waals surface area (Å²) in [4.78, 5) is 8.64. The van der Waals surface area contributed by atoms with Gasteiger partial charge in [0.15, 0.2) is 5.82 Å². The molecule has 2 aromatic heterocycles. The van der Waals surface area contributed by atoms with Crippen LogP contribution in [0.25, 0.3) is 11.5 Å². The van der Waals surface area contributed by atoms with Crippen molar-refractivity contribution in [2.45, 2.75) is 12.6 Å². The van der Waals surface area contributed by atoms with E-state index in [1.165, 1.54) is 0 Å². The maximum atomic E-state index is 10.4. The lowest BCUT2D eigenvalue weighted by molar-refractivity contribution is 0.156. The van der Waals surface area contributed by atoms with Gasteiger partial charge >= 0.3 is 0 Å². The van der Waals surface area contributed by atoms with Gasteiger partial charge in [0.2, 0.25) is 0 Å². The summed E-state index contributed by atoms with van der Waals surface area (Å²) in [6.45, 7) is 0.425. The van der Waals surface area contributed by atoms with Gasteiger partial charge in [-0.15, -0.1) is 0 Å². The van der Waals surface area contributed by atoms with Crippen LogP contribution in [-0.4, -0.2) is 19.6 Å². The minimum atomic E-state index is -0.614. The average Bonchev–Trinajstić information content (AvgIpc) is 2.96. The highest BCUT2D eigenvalue weighted by Gasteiger charge is 2.14. The van der Waals surface area contributed by atoms with Crippen LogP contribution in [0.3, 0.4) is 0 Å².